The molecule has 0 spiro atoms. The molecule has 3 aromatic carbocycles. The molecule has 1 N–H and O–H groups in total. The van der Waals surface area contributed by atoms with Crippen LogP contribution in [-0.4, -0.2) is 16.2 Å². The Morgan fingerprint density at radius 3 is 2.38 bits per heavy atom. The van der Waals surface area contributed by atoms with Crippen molar-refractivity contribution in [3.8, 4) is 11.4 Å². The van der Waals surface area contributed by atoms with E-state index in [1.807, 2.05) is 81.4 Å². The second-order valence-corrected chi connectivity index (χ2v) is 8.76. The van der Waals surface area contributed by atoms with E-state index in [-0.39, 0.29) is 6.03 Å². The Hall–Kier alpha value is -3.90. The van der Waals surface area contributed by atoms with Gasteiger partial charge in [-0.1, -0.05) is 65.3 Å². The van der Waals surface area contributed by atoms with Crippen LogP contribution in [0, 0.1) is 13.8 Å². The third-order valence-corrected chi connectivity index (χ3v) is 6.38. The number of hydrogen-bond acceptors (Lipinski definition) is 4. The Kier molecular flexibility index (Phi) is 5.67. The highest BCUT2D eigenvalue weighted by Crippen LogP contribution is 2.39. The van der Waals surface area contributed by atoms with Gasteiger partial charge in [0.2, 0.25) is 5.82 Å². The molecule has 170 valence electrons. The molecule has 0 fully saturated rings. The van der Waals surface area contributed by atoms with E-state index in [4.69, 9.17) is 21.1 Å². The Labute approximate surface area is 202 Å². The quantitative estimate of drug-likeness (QED) is 0.360. The third kappa shape index (κ3) is 3.97. The van der Waals surface area contributed by atoms with Crippen LogP contribution in [0.25, 0.3) is 17.0 Å². The van der Waals surface area contributed by atoms with Crippen LogP contribution in [-0.2, 0) is 0 Å². The number of carbonyl (C=O) groups excluding carboxylic acids is 1. The van der Waals surface area contributed by atoms with Crippen LogP contribution in [0.2, 0.25) is 5.02 Å². The molecule has 1 aliphatic heterocycles. The van der Waals surface area contributed by atoms with Crippen molar-refractivity contribution in [2.45, 2.75) is 26.8 Å². The lowest BCUT2D eigenvalue weighted by atomic mass is 9.94. The number of nitrogens with one attached hydrogen (secondary N) is 1. The fourth-order valence-electron chi connectivity index (χ4n) is 4.14. The molecule has 1 unspecified atom stereocenters. The minimum Gasteiger partial charge on any atom is -0.334 e. The first-order valence-electron chi connectivity index (χ1n) is 11.0. The first-order chi connectivity index (χ1) is 16.4. The number of rotatable bonds is 4. The van der Waals surface area contributed by atoms with Gasteiger partial charge in [0.05, 0.1) is 17.3 Å². The van der Waals surface area contributed by atoms with Crippen LogP contribution in [0.4, 0.5) is 10.5 Å². The fourth-order valence-corrected chi connectivity index (χ4v) is 4.26. The van der Waals surface area contributed by atoms with Gasteiger partial charge in [0, 0.05) is 16.3 Å². The number of hydrogen-bond donors (Lipinski definition) is 1. The Bertz CT molecular complexity index is 1390. The van der Waals surface area contributed by atoms with Crippen molar-refractivity contribution < 1.29 is 9.32 Å². The number of halogens is 1. The smallest absolute Gasteiger partial charge is 0.326 e. The zero-order valence-electron chi connectivity index (χ0n) is 19.0. The number of urea groups is 1. The number of benzene rings is 3. The average Bonchev–Trinajstić information content (AvgIpc) is 3.32. The molecular weight excluding hydrogens is 448 g/mol. The van der Waals surface area contributed by atoms with Crippen molar-refractivity contribution >= 4 is 28.9 Å². The molecule has 5 rings (SSSR count). The predicted molar refractivity (Wildman–Crippen MR) is 133 cm³/mol. The van der Waals surface area contributed by atoms with Crippen LogP contribution < -0.4 is 10.2 Å². The number of carbonyl (C=O) groups is 1. The molecule has 4 aromatic rings. The van der Waals surface area contributed by atoms with Crippen molar-refractivity contribution in [3.05, 3.63) is 106 Å². The van der Waals surface area contributed by atoms with Crippen molar-refractivity contribution in [1.82, 2.24) is 15.5 Å². The largest absolute Gasteiger partial charge is 0.334 e. The highest BCUT2D eigenvalue weighted by Gasteiger charge is 2.36. The van der Waals surface area contributed by atoms with E-state index in [0.29, 0.717) is 16.7 Å². The van der Waals surface area contributed by atoms with Crippen LogP contribution in [0.5, 0.6) is 0 Å². The lowest BCUT2D eigenvalue weighted by molar-refractivity contribution is 0.244. The summed E-state index contributed by atoms with van der Waals surface area (Å²) in [7, 11) is 0. The van der Waals surface area contributed by atoms with Crippen LogP contribution in [0.15, 0.2) is 83.0 Å². The molecule has 2 heterocycles. The van der Waals surface area contributed by atoms with Crippen molar-refractivity contribution in [2.24, 2.45) is 0 Å². The molecule has 7 heteroatoms. The summed E-state index contributed by atoms with van der Waals surface area (Å²) in [6.45, 7) is 5.98. The normalized spacial score (nSPS) is 16.1. The predicted octanol–water partition coefficient (Wildman–Crippen LogP) is 6.71. The van der Waals surface area contributed by atoms with Crippen molar-refractivity contribution in [3.63, 3.8) is 0 Å². The van der Waals surface area contributed by atoms with Gasteiger partial charge in [0.25, 0.3) is 5.89 Å². The van der Waals surface area contributed by atoms with E-state index >= 15 is 0 Å². The van der Waals surface area contributed by atoms with E-state index in [9.17, 15) is 4.79 Å². The summed E-state index contributed by atoms with van der Waals surface area (Å²) in [4.78, 5) is 19.7. The van der Waals surface area contributed by atoms with Gasteiger partial charge in [-0.3, -0.25) is 4.90 Å². The molecule has 0 saturated carbocycles. The molecule has 34 heavy (non-hydrogen) atoms. The minimum absolute atomic E-state index is 0.229. The summed E-state index contributed by atoms with van der Waals surface area (Å²) in [5.41, 5.74) is 6.20. The van der Waals surface area contributed by atoms with Crippen molar-refractivity contribution in [1.29, 1.82) is 0 Å². The number of anilines is 1. The molecule has 1 atom stereocenters. The Balaban J connectivity index is 1.66. The zero-order valence-corrected chi connectivity index (χ0v) is 19.8. The average molecular weight is 471 g/mol. The van der Waals surface area contributed by atoms with Crippen LogP contribution in [0.1, 0.15) is 35.5 Å². The monoisotopic (exact) mass is 470 g/mol. The van der Waals surface area contributed by atoms with Crippen LogP contribution in [0.3, 0.4) is 0 Å². The molecule has 0 saturated heterocycles. The van der Waals surface area contributed by atoms with E-state index < -0.39 is 6.04 Å². The zero-order chi connectivity index (χ0) is 23.8. The summed E-state index contributed by atoms with van der Waals surface area (Å²) in [5.74, 6) is 0.838. The maximum absolute atomic E-state index is 13.3. The second kappa shape index (κ2) is 8.80. The van der Waals surface area contributed by atoms with Crippen molar-refractivity contribution in [2.75, 3.05) is 4.90 Å². The van der Waals surface area contributed by atoms with Gasteiger partial charge in [-0.25, -0.2) is 4.79 Å². The first kappa shape index (κ1) is 21.9. The third-order valence-electron chi connectivity index (χ3n) is 6.13. The van der Waals surface area contributed by atoms with Gasteiger partial charge in [0.1, 0.15) is 0 Å². The summed E-state index contributed by atoms with van der Waals surface area (Å²) >= 11 is 6.11. The molecule has 0 bridgehead atoms. The van der Waals surface area contributed by atoms with E-state index in [1.54, 1.807) is 17.0 Å². The van der Waals surface area contributed by atoms with Gasteiger partial charge >= 0.3 is 6.03 Å². The summed E-state index contributed by atoms with van der Waals surface area (Å²) < 4.78 is 5.74. The minimum atomic E-state index is -0.475. The molecule has 2 amide bonds. The fraction of sp³-hybridized carbons (Fsp3) is 0.148. The lowest BCUT2D eigenvalue weighted by Gasteiger charge is -2.35. The Morgan fingerprint density at radius 1 is 0.941 bits per heavy atom. The molecular formula is C27H23ClN4O2. The van der Waals surface area contributed by atoms with Gasteiger partial charge in [0.15, 0.2) is 0 Å². The van der Waals surface area contributed by atoms with Gasteiger partial charge in [-0.15, -0.1) is 0 Å². The number of amides is 2. The van der Waals surface area contributed by atoms with E-state index in [1.165, 1.54) is 0 Å². The van der Waals surface area contributed by atoms with Gasteiger partial charge < -0.3 is 9.84 Å². The molecule has 1 aliphatic rings. The number of aryl methyl sites for hydroxylation is 2. The SMILES string of the molecule is CC1=C(c2nc(-c3ccccc3)no2)C(c2ccc(Cl)cc2)NC(=O)N1c1ccc(C)c(C)c1. The molecule has 1 aromatic heterocycles. The second-order valence-electron chi connectivity index (χ2n) is 8.33. The highest BCUT2D eigenvalue weighted by atomic mass is 35.5. The summed E-state index contributed by atoms with van der Waals surface area (Å²) in [6, 6.07) is 22.3. The molecule has 0 radical (unpaired) electrons. The summed E-state index contributed by atoms with van der Waals surface area (Å²) in [6.07, 6.45) is 0. The Morgan fingerprint density at radius 2 is 1.68 bits per heavy atom. The lowest BCUT2D eigenvalue weighted by Crippen LogP contribution is -2.46. The highest BCUT2D eigenvalue weighted by molar-refractivity contribution is 6.30. The number of allylic oxidation sites excluding steroid dienone is 1. The molecule has 6 nitrogen and oxygen atoms in total. The van der Waals surface area contributed by atoms with Gasteiger partial charge in [-0.2, -0.15) is 4.98 Å². The van der Waals surface area contributed by atoms with Gasteiger partial charge in [-0.05, 0) is 61.7 Å². The standard InChI is InChI=1S/C27H23ClN4O2/c1-16-9-14-22(15-17(16)2)32-18(3)23(24(29-27(32)33)19-10-12-21(28)13-11-19)26-30-25(31-34-26)20-7-5-4-6-8-20/h4-15,24H,1-3H3,(H,29,33). The van der Waals surface area contributed by atoms with E-state index in [0.717, 1.165) is 39.2 Å². The molecule has 0 aliphatic carbocycles. The maximum Gasteiger partial charge on any atom is 0.326 e. The number of nitrogens with zero attached hydrogens (tertiary/aromatic N) is 3. The van der Waals surface area contributed by atoms with E-state index in [2.05, 4.69) is 10.5 Å². The first-order valence-corrected chi connectivity index (χ1v) is 11.3. The maximum atomic E-state index is 13.3. The number of aromatic nitrogens is 2. The van der Waals surface area contributed by atoms with Crippen LogP contribution >= 0.6 is 11.6 Å². The topological polar surface area (TPSA) is 71.3 Å². The summed E-state index contributed by atoms with van der Waals surface area (Å²) in [5, 5.41) is 7.95.